The molecule has 0 aliphatic carbocycles. The van der Waals surface area contributed by atoms with Crippen molar-refractivity contribution in [3.63, 3.8) is 0 Å². The zero-order valence-electron chi connectivity index (χ0n) is 20.4. The number of carbonyl (C=O) groups is 1. The molecule has 1 heterocycles. The summed E-state index contributed by atoms with van der Waals surface area (Å²) < 4.78 is 0. The second-order valence-electron chi connectivity index (χ2n) is 10.2. The monoisotopic (exact) mass is 408 g/mol. The van der Waals surface area contributed by atoms with Gasteiger partial charge in [-0.05, 0) is 33.2 Å². The van der Waals surface area contributed by atoms with Crippen LogP contribution in [-0.4, -0.2) is 36.0 Å². The molecule has 1 unspecified atom stereocenters. The summed E-state index contributed by atoms with van der Waals surface area (Å²) in [4.78, 5) is 14.2. The minimum absolute atomic E-state index is 0.0235. The van der Waals surface area contributed by atoms with Crippen molar-refractivity contribution < 1.29 is 4.79 Å². The van der Waals surface area contributed by atoms with E-state index in [9.17, 15) is 4.79 Å². The van der Waals surface area contributed by atoms with Crippen LogP contribution >= 0.6 is 0 Å². The molecule has 29 heavy (non-hydrogen) atoms. The van der Waals surface area contributed by atoms with Gasteiger partial charge < -0.3 is 10.2 Å². The second-order valence-corrected chi connectivity index (χ2v) is 10.2. The smallest absolute Gasteiger partial charge is 0.225 e. The van der Waals surface area contributed by atoms with E-state index in [0.717, 1.165) is 26.1 Å². The summed E-state index contributed by atoms with van der Waals surface area (Å²) in [5.74, 6) is 0.563. The second kappa shape index (κ2) is 16.2. The maximum absolute atomic E-state index is 12.1. The highest BCUT2D eigenvalue weighted by Gasteiger charge is 2.31. The summed E-state index contributed by atoms with van der Waals surface area (Å²) in [5, 5.41) is 3.67. The fraction of sp³-hybridized carbons (Fsp3) is 0.962. The Balaban J connectivity index is 1.84. The third kappa shape index (κ3) is 13.4. The van der Waals surface area contributed by atoms with Gasteiger partial charge in [0.15, 0.2) is 0 Å². The molecule has 0 aromatic carbocycles. The van der Waals surface area contributed by atoms with Crippen molar-refractivity contribution in [1.82, 2.24) is 10.2 Å². The summed E-state index contributed by atoms with van der Waals surface area (Å²) in [6.07, 6.45) is 22.2. The summed E-state index contributed by atoms with van der Waals surface area (Å²) in [5.41, 5.74) is 0.0235. The molecule has 0 radical (unpaired) electrons. The molecule has 172 valence electrons. The molecule has 1 aliphatic heterocycles. The van der Waals surface area contributed by atoms with E-state index < -0.39 is 0 Å². The van der Waals surface area contributed by atoms with Gasteiger partial charge in [-0.3, -0.25) is 4.79 Å². The molecule has 0 aromatic heterocycles. The van der Waals surface area contributed by atoms with E-state index in [1.165, 1.54) is 96.3 Å². The first-order valence-electron chi connectivity index (χ1n) is 13.0. The number of unbranched alkanes of at least 4 members (excludes halogenated alkanes) is 14. The third-order valence-corrected chi connectivity index (χ3v) is 6.54. The fourth-order valence-corrected chi connectivity index (χ4v) is 4.51. The summed E-state index contributed by atoms with van der Waals surface area (Å²) in [7, 11) is 0. The van der Waals surface area contributed by atoms with E-state index in [0.29, 0.717) is 5.91 Å². The normalized spacial score (nSPS) is 17.4. The van der Waals surface area contributed by atoms with Crippen LogP contribution in [0.5, 0.6) is 0 Å². The van der Waals surface area contributed by atoms with Crippen molar-refractivity contribution in [3.05, 3.63) is 0 Å². The highest BCUT2D eigenvalue weighted by atomic mass is 16.2. The van der Waals surface area contributed by atoms with Gasteiger partial charge in [-0.2, -0.15) is 0 Å². The third-order valence-electron chi connectivity index (χ3n) is 6.54. The molecule has 0 saturated carbocycles. The van der Waals surface area contributed by atoms with Crippen molar-refractivity contribution in [2.75, 3.05) is 19.6 Å². The molecule has 1 aliphatic rings. The van der Waals surface area contributed by atoms with E-state index in [1.807, 2.05) is 4.90 Å². The molecule has 3 nitrogen and oxygen atoms in total. The number of amides is 1. The van der Waals surface area contributed by atoms with Gasteiger partial charge in [-0.25, -0.2) is 0 Å². The average Bonchev–Trinajstić information content (AvgIpc) is 2.99. The lowest BCUT2D eigenvalue weighted by Crippen LogP contribution is -2.50. The van der Waals surface area contributed by atoms with Crippen molar-refractivity contribution in [1.29, 1.82) is 0 Å². The lowest BCUT2D eigenvalue weighted by Gasteiger charge is -2.31. The van der Waals surface area contributed by atoms with Crippen LogP contribution in [0.15, 0.2) is 0 Å². The van der Waals surface area contributed by atoms with Crippen LogP contribution in [0.2, 0.25) is 0 Å². The predicted octanol–water partition coefficient (Wildman–Crippen LogP) is 7.09. The topological polar surface area (TPSA) is 32.3 Å². The van der Waals surface area contributed by atoms with Crippen LogP contribution in [0.4, 0.5) is 0 Å². The van der Waals surface area contributed by atoms with Crippen molar-refractivity contribution in [2.24, 2.45) is 5.92 Å². The highest BCUT2D eigenvalue weighted by Crippen LogP contribution is 2.19. The minimum atomic E-state index is 0.0235. The largest absolute Gasteiger partial charge is 0.341 e. The molecular weight excluding hydrogens is 356 g/mol. The van der Waals surface area contributed by atoms with Crippen LogP contribution in [0.1, 0.15) is 130 Å². The lowest BCUT2D eigenvalue weighted by molar-refractivity contribution is -0.131. The molecule has 3 heteroatoms. The van der Waals surface area contributed by atoms with Crippen molar-refractivity contribution in [2.45, 2.75) is 136 Å². The molecular formula is C26H52N2O. The Morgan fingerprint density at radius 2 is 1.28 bits per heavy atom. The van der Waals surface area contributed by atoms with Gasteiger partial charge in [0, 0.05) is 24.5 Å². The average molecular weight is 409 g/mol. The molecule has 0 spiro atoms. The Hall–Kier alpha value is -0.570. The molecule has 0 bridgehead atoms. The number of nitrogens with one attached hydrogen (secondary N) is 1. The number of likely N-dealkylation sites (tertiary alicyclic amines) is 1. The van der Waals surface area contributed by atoms with Crippen LogP contribution in [-0.2, 0) is 4.79 Å². The zero-order valence-corrected chi connectivity index (χ0v) is 20.4. The fourth-order valence-electron chi connectivity index (χ4n) is 4.51. The van der Waals surface area contributed by atoms with Crippen LogP contribution < -0.4 is 5.32 Å². The first kappa shape index (κ1) is 26.5. The SMILES string of the molecule is CCCCCCCCCCCCCCCCCNC(C)(C)CN1CCC(C)C1=O. The molecule has 1 amide bonds. The zero-order chi connectivity index (χ0) is 21.4. The van der Waals surface area contributed by atoms with Crippen LogP contribution in [0.3, 0.4) is 0 Å². The Labute approximate surface area is 182 Å². The number of hydrogen-bond acceptors (Lipinski definition) is 2. The van der Waals surface area contributed by atoms with E-state index >= 15 is 0 Å². The molecule has 1 rings (SSSR count). The van der Waals surface area contributed by atoms with E-state index in [4.69, 9.17) is 0 Å². The van der Waals surface area contributed by atoms with Crippen LogP contribution in [0, 0.1) is 5.92 Å². The first-order valence-corrected chi connectivity index (χ1v) is 13.0. The summed E-state index contributed by atoms with van der Waals surface area (Å²) in [6, 6.07) is 0. The van der Waals surface area contributed by atoms with Gasteiger partial charge in [0.1, 0.15) is 0 Å². The molecule has 1 atom stereocenters. The van der Waals surface area contributed by atoms with E-state index in [-0.39, 0.29) is 11.5 Å². The van der Waals surface area contributed by atoms with Crippen molar-refractivity contribution in [3.8, 4) is 0 Å². The van der Waals surface area contributed by atoms with E-state index in [2.05, 4.69) is 33.0 Å². The maximum Gasteiger partial charge on any atom is 0.225 e. The number of rotatable bonds is 19. The molecule has 1 saturated heterocycles. The minimum Gasteiger partial charge on any atom is -0.341 e. The Morgan fingerprint density at radius 3 is 1.69 bits per heavy atom. The quantitative estimate of drug-likeness (QED) is 0.231. The summed E-state index contributed by atoms with van der Waals surface area (Å²) >= 11 is 0. The molecule has 1 N–H and O–H groups in total. The highest BCUT2D eigenvalue weighted by molar-refractivity contribution is 5.80. The maximum atomic E-state index is 12.1. The number of nitrogens with zero attached hydrogens (tertiary/aromatic N) is 1. The Bertz CT molecular complexity index is 408. The van der Waals surface area contributed by atoms with Gasteiger partial charge in [0.05, 0.1) is 0 Å². The molecule has 1 fully saturated rings. The number of carbonyl (C=O) groups excluding carboxylic acids is 1. The van der Waals surface area contributed by atoms with Gasteiger partial charge in [-0.15, -0.1) is 0 Å². The van der Waals surface area contributed by atoms with Gasteiger partial charge in [0.2, 0.25) is 5.91 Å². The number of hydrogen-bond donors (Lipinski definition) is 1. The lowest BCUT2D eigenvalue weighted by atomic mass is 10.0. The van der Waals surface area contributed by atoms with Gasteiger partial charge in [-0.1, -0.05) is 104 Å². The molecule has 0 aromatic rings. The predicted molar refractivity (Wildman–Crippen MR) is 127 cm³/mol. The van der Waals surface area contributed by atoms with Crippen molar-refractivity contribution >= 4 is 5.91 Å². The standard InChI is InChI=1S/C26H52N2O/c1-5-6-7-8-9-10-11-12-13-14-15-16-17-18-19-21-27-26(3,4)23-28-22-20-24(2)25(28)29/h24,27H,5-23H2,1-4H3. The summed E-state index contributed by atoms with van der Waals surface area (Å²) in [6.45, 7) is 11.7. The van der Waals surface area contributed by atoms with Crippen LogP contribution in [0.25, 0.3) is 0 Å². The van der Waals surface area contributed by atoms with Gasteiger partial charge in [0.25, 0.3) is 0 Å². The van der Waals surface area contributed by atoms with E-state index in [1.54, 1.807) is 0 Å². The van der Waals surface area contributed by atoms with Gasteiger partial charge >= 0.3 is 0 Å². The first-order chi connectivity index (χ1) is 14.0. The Morgan fingerprint density at radius 1 is 0.828 bits per heavy atom. The Kier molecular flexibility index (Phi) is 14.8.